The van der Waals surface area contributed by atoms with Crippen molar-refractivity contribution in [3.63, 3.8) is 0 Å². The summed E-state index contributed by atoms with van der Waals surface area (Å²) in [6.45, 7) is 0. The zero-order valence-electron chi connectivity index (χ0n) is 16.0. The third-order valence-corrected chi connectivity index (χ3v) is 6.17. The maximum absolute atomic E-state index is 12.5. The normalized spacial score (nSPS) is 14.6. The summed E-state index contributed by atoms with van der Waals surface area (Å²) in [7, 11) is 0. The van der Waals surface area contributed by atoms with E-state index < -0.39 is 5.60 Å². The number of aliphatic hydroxyl groups is 1. The molecule has 0 radical (unpaired) electrons. The van der Waals surface area contributed by atoms with Crippen LogP contribution < -0.4 is 0 Å². The largest absolute Gasteiger partial charge is 0.376 e. The fourth-order valence-corrected chi connectivity index (χ4v) is 4.78. The molecule has 1 aliphatic carbocycles. The third-order valence-electron chi connectivity index (χ3n) is 5.93. The minimum atomic E-state index is -1.23. The molecular formula is C27H21ClO. The van der Waals surface area contributed by atoms with E-state index in [-0.39, 0.29) is 0 Å². The molecule has 1 aliphatic rings. The lowest BCUT2D eigenvalue weighted by atomic mass is 9.75. The second kappa shape index (κ2) is 7.18. The molecule has 4 aromatic carbocycles. The minimum absolute atomic E-state index is 0.686. The van der Waals surface area contributed by atoms with Crippen LogP contribution in [0.3, 0.4) is 0 Å². The molecule has 0 bridgehead atoms. The monoisotopic (exact) mass is 396 g/mol. The van der Waals surface area contributed by atoms with Crippen LogP contribution in [0.1, 0.15) is 27.8 Å². The summed E-state index contributed by atoms with van der Waals surface area (Å²) in [6.07, 6.45) is 1.82. The topological polar surface area (TPSA) is 20.2 Å². The van der Waals surface area contributed by atoms with Crippen molar-refractivity contribution in [2.24, 2.45) is 0 Å². The molecule has 2 heteroatoms. The van der Waals surface area contributed by atoms with Crippen LogP contribution in [0.5, 0.6) is 0 Å². The van der Waals surface area contributed by atoms with Gasteiger partial charge in [-0.15, -0.1) is 0 Å². The second-order valence-corrected chi connectivity index (χ2v) is 8.02. The summed E-state index contributed by atoms with van der Waals surface area (Å²) in [5.41, 5.74) is 5.93. The summed E-state index contributed by atoms with van der Waals surface area (Å²) >= 11 is 6.29. The lowest BCUT2D eigenvalue weighted by Gasteiger charge is -2.33. The molecule has 29 heavy (non-hydrogen) atoms. The van der Waals surface area contributed by atoms with E-state index in [0.29, 0.717) is 5.02 Å². The van der Waals surface area contributed by atoms with Crippen LogP contribution >= 0.6 is 11.6 Å². The molecule has 0 saturated carbocycles. The highest BCUT2D eigenvalue weighted by Gasteiger charge is 2.40. The molecule has 4 aromatic rings. The molecule has 1 nitrogen and oxygen atoms in total. The summed E-state index contributed by atoms with van der Waals surface area (Å²) in [5, 5.41) is 13.2. The van der Waals surface area contributed by atoms with Crippen molar-refractivity contribution in [2.45, 2.75) is 18.4 Å². The molecular weight excluding hydrogens is 376 g/mol. The fraction of sp³-hybridized carbons (Fsp3) is 0.111. The SMILES string of the molecule is OC1(c2ccccc2-c2cccc(Cl)c2)c2ccccc2CCc2ccccc21. The van der Waals surface area contributed by atoms with Crippen LogP contribution in [0, 0.1) is 0 Å². The molecule has 1 N–H and O–H groups in total. The van der Waals surface area contributed by atoms with Crippen LogP contribution in [0.4, 0.5) is 0 Å². The third kappa shape index (κ3) is 2.98. The van der Waals surface area contributed by atoms with Gasteiger partial charge in [0.05, 0.1) is 0 Å². The van der Waals surface area contributed by atoms with Gasteiger partial charge in [-0.05, 0) is 58.4 Å². The fourth-order valence-electron chi connectivity index (χ4n) is 4.59. The van der Waals surface area contributed by atoms with Gasteiger partial charge < -0.3 is 5.11 Å². The quantitative estimate of drug-likeness (QED) is 0.416. The highest BCUT2D eigenvalue weighted by Crippen LogP contribution is 2.45. The Kier molecular flexibility index (Phi) is 4.50. The van der Waals surface area contributed by atoms with Gasteiger partial charge in [-0.3, -0.25) is 0 Å². The zero-order valence-corrected chi connectivity index (χ0v) is 16.7. The van der Waals surface area contributed by atoms with Crippen molar-refractivity contribution in [2.75, 3.05) is 0 Å². The van der Waals surface area contributed by atoms with Crippen LogP contribution in [0.15, 0.2) is 97.1 Å². The summed E-state index contributed by atoms with van der Waals surface area (Å²) in [6, 6.07) is 32.5. The Labute approximate surface area is 176 Å². The van der Waals surface area contributed by atoms with Crippen molar-refractivity contribution in [3.8, 4) is 11.1 Å². The van der Waals surface area contributed by atoms with E-state index in [2.05, 4.69) is 42.5 Å². The zero-order chi connectivity index (χ0) is 19.8. The van der Waals surface area contributed by atoms with Crippen LogP contribution in [0.2, 0.25) is 5.02 Å². The van der Waals surface area contributed by atoms with Crippen molar-refractivity contribution in [1.29, 1.82) is 0 Å². The maximum Gasteiger partial charge on any atom is 0.141 e. The van der Waals surface area contributed by atoms with Gasteiger partial charge in [0.2, 0.25) is 0 Å². The smallest absolute Gasteiger partial charge is 0.141 e. The molecule has 0 spiro atoms. The summed E-state index contributed by atoms with van der Waals surface area (Å²) < 4.78 is 0. The predicted molar refractivity (Wildman–Crippen MR) is 119 cm³/mol. The molecule has 0 aromatic heterocycles. The van der Waals surface area contributed by atoms with E-state index in [4.69, 9.17) is 11.6 Å². The van der Waals surface area contributed by atoms with E-state index in [1.165, 1.54) is 11.1 Å². The number of aryl methyl sites for hydroxylation is 2. The lowest BCUT2D eigenvalue weighted by molar-refractivity contribution is 0.125. The van der Waals surface area contributed by atoms with Crippen molar-refractivity contribution >= 4 is 11.6 Å². The molecule has 0 fully saturated rings. The first kappa shape index (κ1) is 18.2. The van der Waals surface area contributed by atoms with Crippen LogP contribution in [-0.4, -0.2) is 5.11 Å². The number of halogens is 1. The van der Waals surface area contributed by atoms with Gasteiger partial charge in [0.1, 0.15) is 5.60 Å². The predicted octanol–water partition coefficient (Wildman–Crippen LogP) is 6.39. The van der Waals surface area contributed by atoms with E-state index >= 15 is 0 Å². The molecule has 0 amide bonds. The van der Waals surface area contributed by atoms with Gasteiger partial charge in [-0.1, -0.05) is 96.5 Å². The Morgan fingerprint density at radius 3 is 1.79 bits per heavy atom. The van der Waals surface area contributed by atoms with E-state index in [0.717, 1.165) is 40.7 Å². The van der Waals surface area contributed by atoms with Gasteiger partial charge in [0.15, 0.2) is 0 Å². The van der Waals surface area contributed by atoms with Crippen molar-refractivity contribution in [3.05, 3.63) is 130 Å². The lowest BCUT2D eigenvalue weighted by Crippen LogP contribution is -2.31. The molecule has 142 valence electrons. The number of hydrogen-bond donors (Lipinski definition) is 1. The van der Waals surface area contributed by atoms with E-state index in [1.807, 2.05) is 54.6 Å². The number of fused-ring (bicyclic) bond motifs is 2. The first-order valence-corrected chi connectivity index (χ1v) is 10.3. The number of hydrogen-bond acceptors (Lipinski definition) is 1. The molecule has 0 unspecified atom stereocenters. The first-order valence-electron chi connectivity index (χ1n) is 9.92. The average Bonchev–Trinajstić information content (AvgIpc) is 2.90. The molecule has 5 rings (SSSR count). The van der Waals surface area contributed by atoms with Gasteiger partial charge in [0.25, 0.3) is 0 Å². The van der Waals surface area contributed by atoms with Gasteiger partial charge in [-0.25, -0.2) is 0 Å². The Morgan fingerprint density at radius 1 is 0.621 bits per heavy atom. The van der Waals surface area contributed by atoms with Crippen LogP contribution in [-0.2, 0) is 18.4 Å². The van der Waals surface area contributed by atoms with Crippen molar-refractivity contribution < 1.29 is 5.11 Å². The Bertz CT molecular complexity index is 1150. The van der Waals surface area contributed by atoms with Crippen molar-refractivity contribution in [1.82, 2.24) is 0 Å². The Morgan fingerprint density at radius 2 is 1.17 bits per heavy atom. The molecule has 0 aliphatic heterocycles. The standard InChI is InChI=1S/C27H21ClO/c28-22-11-7-10-21(18-22)23-12-3-6-15-26(23)27(29)24-13-4-1-8-19(24)16-17-20-9-2-5-14-25(20)27/h1-15,18,29H,16-17H2. The average molecular weight is 397 g/mol. The molecule has 0 atom stereocenters. The highest BCUT2D eigenvalue weighted by molar-refractivity contribution is 6.30. The molecule has 0 saturated heterocycles. The minimum Gasteiger partial charge on any atom is -0.376 e. The summed E-state index contributed by atoms with van der Waals surface area (Å²) in [5.74, 6) is 0. The molecule has 0 heterocycles. The highest BCUT2D eigenvalue weighted by atomic mass is 35.5. The Balaban J connectivity index is 1.85. The van der Waals surface area contributed by atoms with E-state index in [9.17, 15) is 5.11 Å². The number of benzene rings is 4. The van der Waals surface area contributed by atoms with Gasteiger partial charge in [-0.2, -0.15) is 0 Å². The second-order valence-electron chi connectivity index (χ2n) is 7.58. The van der Waals surface area contributed by atoms with Gasteiger partial charge in [0, 0.05) is 10.6 Å². The van der Waals surface area contributed by atoms with Gasteiger partial charge >= 0.3 is 0 Å². The first-order chi connectivity index (χ1) is 14.2. The Hall–Kier alpha value is -2.87. The maximum atomic E-state index is 12.5. The van der Waals surface area contributed by atoms with E-state index in [1.54, 1.807) is 0 Å². The summed E-state index contributed by atoms with van der Waals surface area (Å²) in [4.78, 5) is 0. The van der Waals surface area contributed by atoms with Crippen LogP contribution in [0.25, 0.3) is 11.1 Å². The number of rotatable bonds is 2.